The lowest BCUT2D eigenvalue weighted by molar-refractivity contribution is 0.419. The summed E-state index contributed by atoms with van der Waals surface area (Å²) in [6.45, 7) is 3.22. The van der Waals surface area contributed by atoms with Crippen molar-refractivity contribution in [3.05, 3.63) is 24.5 Å². The van der Waals surface area contributed by atoms with Crippen LogP contribution >= 0.6 is 11.5 Å². The largest absolute Gasteiger partial charge is 0.382 e. The molecule has 1 aliphatic carbocycles. The Hall–Kier alpha value is -1.62. The van der Waals surface area contributed by atoms with E-state index in [0.29, 0.717) is 11.9 Å². The number of pyridine rings is 1. The molecule has 21 heavy (non-hydrogen) atoms. The molecule has 1 aliphatic rings. The molecule has 3 rings (SSSR count). The molecule has 0 spiro atoms. The molecule has 0 unspecified atom stereocenters. The van der Waals surface area contributed by atoms with E-state index in [2.05, 4.69) is 27.2 Å². The molecule has 1 saturated carbocycles. The zero-order valence-corrected chi connectivity index (χ0v) is 13.3. The van der Waals surface area contributed by atoms with E-state index in [1.807, 2.05) is 12.3 Å². The van der Waals surface area contributed by atoms with Gasteiger partial charge in [-0.15, -0.1) is 0 Å². The standard InChI is InChI=1S/C16H22N4S/c1-2-20(13-8-4-3-5-9-13)16-14(15(17)19-21-16)12-7-6-10-18-11-12/h6-7,10-11,13H,2-5,8-9H2,1H3,(H2,17,19). The van der Waals surface area contributed by atoms with Gasteiger partial charge >= 0.3 is 0 Å². The number of anilines is 2. The third kappa shape index (κ3) is 2.88. The highest BCUT2D eigenvalue weighted by Crippen LogP contribution is 2.41. The van der Waals surface area contributed by atoms with Crippen LogP contribution in [0.1, 0.15) is 39.0 Å². The first-order chi connectivity index (χ1) is 10.3. The van der Waals surface area contributed by atoms with Gasteiger partial charge in [0.1, 0.15) is 10.8 Å². The maximum Gasteiger partial charge on any atom is 0.147 e. The van der Waals surface area contributed by atoms with Gasteiger partial charge in [-0.3, -0.25) is 4.98 Å². The summed E-state index contributed by atoms with van der Waals surface area (Å²) in [6, 6.07) is 4.64. The van der Waals surface area contributed by atoms with E-state index in [1.54, 1.807) is 6.20 Å². The summed E-state index contributed by atoms with van der Waals surface area (Å²) in [6.07, 6.45) is 10.2. The van der Waals surface area contributed by atoms with Crippen molar-refractivity contribution in [2.45, 2.75) is 45.1 Å². The summed E-state index contributed by atoms with van der Waals surface area (Å²) in [5.74, 6) is 0.622. The molecule has 0 amide bonds. The molecule has 0 saturated heterocycles. The average Bonchev–Trinajstić information content (AvgIpc) is 2.92. The summed E-state index contributed by atoms with van der Waals surface area (Å²) < 4.78 is 4.41. The van der Waals surface area contributed by atoms with E-state index in [0.717, 1.165) is 17.7 Å². The predicted octanol–water partition coefficient (Wildman–Crippen LogP) is 3.95. The average molecular weight is 302 g/mol. The van der Waals surface area contributed by atoms with E-state index < -0.39 is 0 Å². The van der Waals surface area contributed by atoms with Crippen molar-refractivity contribution >= 4 is 22.4 Å². The fourth-order valence-corrected chi connectivity index (χ4v) is 4.20. The van der Waals surface area contributed by atoms with Crippen LogP contribution in [0.4, 0.5) is 10.8 Å². The van der Waals surface area contributed by atoms with Gasteiger partial charge in [-0.25, -0.2) is 0 Å². The van der Waals surface area contributed by atoms with Crippen molar-refractivity contribution in [3.63, 3.8) is 0 Å². The molecule has 4 nitrogen and oxygen atoms in total. The molecular formula is C16H22N4S. The van der Waals surface area contributed by atoms with E-state index in [4.69, 9.17) is 5.73 Å². The number of nitrogen functional groups attached to an aromatic ring is 1. The molecule has 2 aromatic rings. The maximum atomic E-state index is 6.14. The van der Waals surface area contributed by atoms with Crippen LogP contribution in [-0.4, -0.2) is 21.9 Å². The summed E-state index contributed by atoms with van der Waals surface area (Å²) in [4.78, 5) is 6.72. The van der Waals surface area contributed by atoms with E-state index >= 15 is 0 Å². The Morgan fingerprint density at radius 2 is 2.14 bits per heavy atom. The van der Waals surface area contributed by atoms with Crippen molar-refractivity contribution in [2.24, 2.45) is 0 Å². The fourth-order valence-electron chi connectivity index (χ4n) is 3.23. The smallest absolute Gasteiger partial charge is 0.147 e. The molecule has 0 aromatic carbocycles. The minimum Gasteiger partial charge on any atom is -0.382 e. The molecule has 2 aromatic heterocycles. The van der Waals surface area contributed by atoms with Gasteiger partial charge < -0.3 is 10.6 Å². The Balaban J connectivity index is 1.97. The van der Waals surface area contributed by atoms with Crippen molar-refractivity contribution in [2.75, 3.05) is 17.2 Å². The second-order valence-corrected chi connectivity index (χ2v) is 6.32. The van der Waals surface area contributed by atoms with E-state index in [9.17, 15) is 0 Å². The molecule has 0 bridgehead atoms. The third-order valence-corrected chi connectivity index (χ3v) is 5.17. The van der Waals surface area contributed by atoms with Crippen molar-refractivity contribution in [1.82, 2.24) is 9.36 Å². The van der Waals surface area contributed by atoms with Crippen LogP contribution in [0.25, 0.3) is 11.1 Å². The van der Waals surface area contributed by atoms with Crippen LogP contribution < -0.4 is 10.6 Å². The Morgan fingerprint density at radius 1 is 1.33 bits per heavy atom. The van der Waals surface area contributed by atoms with Gasteiger partial charge in [0, 0.05) is 30.5 Å². The van der Waals surface area contributed by atoms with Gasteiger partial charge in [-0.05, 0) is 37.4 Å². The van der Waals surface area contributed by atoms with Crippen molar-refractivity contribution in [1.29, 1.82) is 0 Å². The van der Waals surface area contributed by atoms with Gasteiger partial charge in [-0.2, -0.15) is 4.37 Å². The predicted molar refractivity (Wildman–Crippen MR) is 89.7 cm³/mol. The Labute approximate surface area is 130 Å². The SMILES string of the molecule is CCN(c1snc(N)c1-c1cccnc1)C1CCCCC1. The highest BCUT2D eigenvalue weighted by molar-refractivity contribution is 7.11. The zero-order chi connectivity index (χ0) is 14.7. The number of nitrogens with zero attached hydrogens (tertiary/aromatic N) is 3. The first kappa shape index (κ1) is 14.3. The third-order valence-electron chi connectivity index (χ3n) is 4.27. The van der Waals surface area contributed by atoms with Crippen LogP contribution in [0.3, 0.4) is 0 Å². The Morgan fingerprint density at radius 3 is 2.81 bits per heavy atom. The highest BCUT2D eigenvalue weighted by Gasteiger charge is 2.25. The first-order valence-electron chi connectivity index (χ1n) is 7.73. The lowest BCUT2D eigenvalue weighted by atomic mass is 9.94. The normalized spacial score (nSPS) is 16.0. The van der Waals surface area contributed by atoms with Crippen LogP contribution in [0.2, 0.25) is 0 Å². The molecular weight excluding hydrogens is 280 g/mol. The van der Waals surface area contributed by atoms with Crippen LogP contribution in [-0.2, 0) is 0 Å². The fraction of sp³-hybridized carbons (Fsp3) is 0.500. The van der Waals surface area contributed by atoms with Crippen LogP contribution in [0, 0.1) is 0 Å². The van der Waals surface area contributed by atoms with Crippen molar-refractivity contribution < 1.29 is 0 Å². The maximum absolute atomic E-state index is 6.14. The molecule has 2 heterocycles. The molecule has 2 N–H and O–H groups in total. The lowest BCUT2D eigenvalue weighted by Gasteiger charge is -2.34. The minimum absolute atomic E-state index is 0.622. The van der Waals surface area contributed by atoms with Gasteiger partial charge in [0.05, 0.1) is 5.56 Å². The number of hydrogen-bond donors (Lipinski definition) is 1. The molecule has 5 heteroatoms. The summed E-state index contributed by atoms with van der Waals surface area (Å²) in [5.41, 5.74) is 8.26. The topological polar surface area (TPSA) is 55.0 Å². The second-order valence-electron chi connectivity index (χ2n) is 5.57. The van der Waals surface area contributed by atoms with Gasteiger partial charge in [-0.1, -0.05) is 25.3 Å². The van der Waals surface area contributed by atoms with Gasteiger partial charge in [0.2, 0.25) is 0 Å². The van der Waals surface area contributed by atoms with Gasteiger partial charge in [0.25, 0.3) is 0 Å². The first-order valence-corrected chi connectivity index (χ1v) is 8.50. The number of aromatic nitrogens is 2. The molecule has 0 radical (unpaired) electrons. The number of rotatable bonds is 4. The van der Waals surface area contributed by atoms with E-state index in [1.165, 1.54) is 48.6 Å². The molecule has 0 aliphatic heterocycles. The zero-order valence-electron chi connectivity index (χ0n) is 12.5. The summed E-state index contributed by atoms with van der Waals surface area (Å²) >= 11 is 1.52. The van der Waals surface area contributed by atoms with Crippen LogP contribution in [0.5, 0.6) is 0 Å². The second kappa shape index (κ2) is 6.43. The minimum atomic E-state index is 0.622. The number of nitrogens with two attached hydrogens (primary N) is 1. The van der Waals surface area contributed by atoms with E-state index in [-0.39, 0.29) is 0 Å². The van der Waals surface area contributed by atoms with Gasteiger partial charge in [0.15, 0.2) is 0 Å². The quantitative estimate of drug-likeness (QED) is 0.929. The van der Waals surface area contributed by atoms with Crippen molar-refractivity contribution in [3.8, 4) is 11.1 Å². The summed E-state index contributed by atoms with van der Waals surface area (Å²) in [5, 5.41) is 1.20. The molecule has 112 valence electrons. The molecule has 0 atom stereocenters. The molecule has 1 fully saturated rings. The summed E-state index contributed by atoms with van der Waals surface area (Å²) in [7, 11) is 0. The number of hydrogen-bond acceptors (Lipinski definition) is 5. The Bertz CT molecular complexity index is 575. The Kier molecular flexibility index (Phi) is 4.39. The monoisotopic (exact) mass is 302 g/mol. The van der Waals surface area contributed by atoms with Crippen LogP contribution in [0.15, 0.2) is 24.5 Å². The highest BCUT2D eigenvalue weighted by atomic mass is 32.1. The lowest BCUT2D eigenvalue weighted by Crippen LogP contribution is -2.36.